The van der Waals surface area contributed by atoms with Crippen LogP contribution in [-0.4, -0.2) is 23.1 Å². The Bertz CT molecular complexity index is 730. The van der Waals surface area contributed by atoms with Crippen LogP contribution in [0, 0.1) is 0 Å². The zero-order chi connectivity index (χ0) is 16.2. The highest BCUT2D eigenvalue weighted by molar-refractivity contribution is 5.82. The van der Waals surface area contributed by atoms with E-state index in [1.54, 1.807) is 0 Å². The average Bonchev–Trinajstić information content (AvgIpc) is 2.62. The summed E-state index contributed by atoms with van der Waals surface area (Å²) in [7, 11) is 2.06. The summed E-state index contributed by atoms with van der Waals surface area (Å²) >= 11 is 0. The van der Waals surface area contributed by atoms with Crippen molar-refractivity contribution in [1.82, 2.24) is 9.97 Å². The fraction of sp³-hybridized carbons (Fsp3) is 0.300. The Hall–Kier alpha value is -2.42. The van der Waals surface area contributed by atoms with E-state index in [4.69, 9.17) is 9.97 Å². The summed E-state index contributed by atoms with van der Waals surface area (Å²) in [5.74, 6) is 0.912. The summed E-state index contributed by atoms with van der Waals surface area (Å²) in [6.07, 6.45) is 10.7. The third-order valence-corrected chi connectivity index (χ3v) is 4.21. The summed E-state index contributed by atoms with van der Waals surface area (Å²) in [4.78, 5) is 11.8. The van der Waals surface area contributed by atoms with E-state index in [0.717, 1.165) is 35.6 Å². The molecule has 0 radical (unpaired) electrons. The smallest absolute Gasteiger partial charge is 0.147 e. The highest BCUT2D eigenvalue weighted by atomic mass is 15.2. The van der Waals surface area contributed by atoms with Crippen LogP contribution in [0.5, 0.6) is 0 Å². The largest absolute Gasteiger partial charge is 0.356 e. The van der Waals surface area contributed by atoms with Crippen molar-refractivity contribution in [3.05, 3.63) is 60.5 Å². The van der Waals surface area contributed by atoms with Gasteiger partial charge in [-0.1, -0.05) is 48.6 Å². The molecule has 1 aromatic carbocycles. The van der Waals surface area contributed by atoms with Crippen molar-refractivity contribution < 1.29 is 0 Å². The molecule has 0 aliphatic heterocycles. The highest BCUT2D eigenvalue weighted by Crippen LogP contribution is 2.30. The topological polar surface area (TPSA) is 29.0 Å². The molecule has 0 bridgehead atoms. The van der Waals surface area contributed by atoms with Gasteiger partial charge >= 0.3 is 0 Å². The molecule has 1 aromatic heterocycles. The van der Waals surface area contributed by atoms with Crippen molar-refractivity contribution in [2.75, 3.05) is 11.9 Å². The van der Waals surface area contributed by atoms with Gasteiger partial charge in [0.2, 0.25) is 0 Å². The van der Waals surface area contributed by atoms with E-state index < -0.39 is 0 Å². The normalized spacial score (nSPS) is 14.0. The van der Waals surface area contributed by atoms with Gasteiger partial charge in [0.25, 0.3) is 0 Å². The Kier molecular flexibility index (Phi) is 4.56. The van der Waals surface area contributed by atoms with E-state index in [1.807, 2.05) is 24.4 Å². The van der Waals surface area contributed by atoms with Crippen LogP contribution in [0.25, 0.3) is 16.8 Å². The predicted octanol–water partition coefficient (Wildman–Crippen LogP) is 4.72. The second-order valence-electron chi connectivity index (χ2n) is 6.14. The number of rotatable bonds is 4. The SMILES string of the molecule is CC(C)N(C)c1cnc(-c2ccccc2)c(C2=CCCC=C2)n1. The summed E-state index contributed by atoms with van der Waals surface area (Å²) < 4.78 is 0. The molecular weight excluding hydrogens is 282 g/mol. The maximum Gasteiger partial charge on any atom is 0.147 e. The molecule has 0 amide bonds. The minimum Gasteiger partial charge on any atom is -0.356 e. The van der Waals surface area contributed by atoms with E-state index in [9.17, 15) is 0 Å². The number of hydrogen-bond acceptors (Lipinski definition) is 3. The van der Waals surface area contributed by atoms with E-state index in [-0.39, 0.29) is 0 Å². The standard InChI is InChI=1S/C20H23N3/c1-15(2)23(3)18-14-21-19(16-10-6-4-7-11-16)20(22-18)17-12-8-5-9-13-17/h4,6-8,10-15H,5,9H2,1-3H3. The van der Waals surface area contributed by atoms with Crippen LogP contribution in [0.3, 0.4) is 0 Å². The molecule has 0 saturated heterocycles. The third kappa shape index (κ3) is 3.34. The summed E-state index contributed by atoms with van der Waals surface area (Å²) in [6.45, 7) is 4.32. The van der Waals surface area contributed by atoms with Crippen molar-refractivity contribution >= 4 is 11.4 Å². The molecule has 1 aliphatic carbocycles. The zero-order valence-electron chi connectivity index (χ0n) is 14.0. The fourth-order valence-corrected chi connectivity index (χ4v) is 2.61. The van der Waals surface area contributed by atoms with E-state index in [0.29, 0.717) is 6.04 Å². The number of benzene rings is 1. The Balaban J connectivity index is 2.12. The van der Waals surface area contributed by atoms with Gasteiger partial charge < -0.3 is 4.90 Å². The summed E-state index contributed by atoms with van der Waals surface area (Å²) in [5, 5.41) is 0. The molecule has 3 rings (SSSR count). The molecule has 118 valence electrons. The average molecular weight is 305 g/mol. The number of anilines is 1. The maximum absolute atomic E-state index is 4.94. The van der Waals surface area contributed by atoms with Gasteiger partial charge in [-0.05, 0) is 32.3 Å². The predicted molar refractivity (Wildman–Crippen MR) is 97.4 cm³/mol. The lowest BCUT2D eigenvalue weighted by molar-refractivity contribution is 0.740. The third-order valence-electron chi connectivity index (χ3n) is 4.21. The van der Waals surface area contributed by atoms with Gasteiger partial charge in [0.15, 0.2) is 0 Å². The van der Waals surface area contributed by atoms with Crippen LogP contribution in [-0.2, 0) is 0 Å². The van der Waals surface area contributed by atoms with Crippen LogP contribution < -0.4 is 4.90 Å². The van der Waals surface area contributed by atoms with Crippen molar-refractivity contribution in [3.8, 4) is 11.3 Å². The molecule has 23 heavy (non-hydrogen) atoms. The summed E-state index contributed by atoms with van der Waals surface area (Å²) in [5.41, 5.74) is 4.19. The first-order chi connectivity index (χ1) is 11.2. The Labute approximate surface area is 138 Å². The fourth-order valence-electron chi connectivity index (χ4n) is 2.61. The monoisotopic (exact) mass is 305 g/mol. The first-order valence-electron chi connectivity index (χ1n) is 8.19. The van der Waals surface area contributed by atoms with Crippen molar-refractivity contribution in [2.45, 2.75) is 32.7 Å². The molecule has 0 fully saturated rings. The molecule has 3 heteroatoms. The molecule has 3 nitrogen and oxygen atoms in total. The van der Waals surface area contributed by atoms with Crippen LogP contribution in [0.15, 0.2) is 54.8 Å². The van der Waals surface area contributed by atoms with Crippen molar-refractivity contribution in [3.63, 3.8) is 0 Å². The van der Waals surface area contributed by atoms with Crippen LogP contribution in [0.2, 0.25) is 0 Å². The minimum atomic E-state index is 0.385. The Morgan fingerprint density at radius 2 is 1.83 bits per heavy atom. The van der Waals surface area contributed by atoms with Gasteiger partial charge in [-0.25, -0.2) is 4.98 Å². The number of nitrogens with zero attached hydrogens (tertiary/aromatic N) is 3. The second kappa shape index (κ2) is 6.78. The van der Waals surface area contributed by atoms with Gasteiger partial charge in [-0.3, -0.25) is 4.98 Å². The Morgan fingerprint density at radius 1 is 1.04 bits per heavy atom. The molecule has 2 aromatic rings. The van der Waals surface area contributed by atoms with E-state index >= 15 is 0 Å². The number of hydrogen-bond donors (Lipinski definition) is 0. The first kappa shape index (κ1) is 15.5. The van der Waals surface area contributed by atoms with Gasteiger partial charge in [-0.15, -0.1) is 0 Å². The molecule has 0 spiro atoms. The zero-order valence-corrected chi connectivity index (χ0v) is 14.0. The van der Waals surface area contributed by atoms with Gasteiger partial charge in [-0.2, -0.15) is 0 Å². The van der Waals surface area contributed by atoms with Gasteiger partial charge in [0.1, 0.15) is 5.82 Å². The molecular formula is C20H23N3. The quantitative estimate of drug-likeness (QED) is 0.818. The number of aromatic nitrogens is 2. The van der Waals surface area contributed by atoms with Gasteiger partial charge in [0, 0.05) is 18.7 Å². The Morgan fingerprint density at radius 3 is 2.48 bits per heavy atom. The van der Waals surface area contributed by atoms with Crippen molar-refractivity contribution in [2.24, 2.45) is 0 Å². The molecule has 0 unspecified atom stereocenters. The first-order valence-corrected chi connectivity index (χ1v) is 8.19. The van der Waals surface area contributed by atoms with Crippen LogP contribution >= 0.6 is 0 Å². The molecule has 0 N–H and O–H groups in total. The molecule has 0 atom stereocenters. The minimum absolute atomic E-state index is 0.385. The van der Waals surface area contributed by atoms with Crippen molar-refractivity contribution in [1.29, 1.82) is 0 Å². The van der Waals surface area contributed by atoms with E-state index in [2.05, 4.69) is 56.2 Å². The summed E-state index contributed by atoms with van der Waals surface area (Å²) in [6, 6.07) is 10.7. The van der Waals surface area contributed by atoms with Gasteiger partial charge in [0.05, 0.1) is 17.6 Å². The number of allylic oxidation sites excluding steroid dienone is 4. The van der Waals surface area contributed by atoms with Crippen LogP contribution in [0.4, 0.5) is 5.82 Å². The molecule has 1 heterocycles. The second-order valence-corrected chi connectivity index (χ2v) is 6.14. The lowest BCUT2D eigenvalue weighted by atomic mass is 9.99. The molecule has 0 saturated carbocycles. The highest BCUT2D eigenvalue weighted by Gasteiger charge is 2.16. The maximum atomic E-state index is 4.94. The molecule has 1 aliphatic rings. The lowest BCUT2D eigenvalue weighted by Crippen LogP contribution is -2.27. The lowest BCUT2D eigenvalue weighted by Gasteiger charge is -2.23. The van der Waals surface area contributed by atoms with Crippen LogP contribution in [0.1, 0.15) is 32.4 Å². The van der Waals surface area contributed by atoms with E-state index in [1.165, 1.54) is 5.57 Å².